The van der Waals surface area contributed by atoms with Crippen LogP contribution in [-0.2, 0) is 17.8 Å². The zero-order valence-corrected chi connectivity index (χ0v) is 12.1. The predicted octanol–water partition coefficient (Wildman–Crippen LogP) is 2.45. The molecular weight excluding hydrogens is 272 g/mol. The molecule has 2 aromatic rings. The molecule has 20 heavy (non-hydrogen) atoms. The number of amides is 1. The van der Waals surface area contributed by atoms with Crippen LogP contribution >= 0.6 is 11.5 Å². The van der Waals surface area contributed by atoms with Gasteiger partial charge in [0.2, 0.25) is 5.91 Å². The summed E-state index contributed by atoms with van der Waals surface area (Å²) in [6.45, 7) is 3.41. The van der Waals surface area contributed by atoms with Crippen LogP contribution in [0.1, 0.15) is 24.6 Å². The maximum absolute atomic E-state index is 11.9. The third kappa shape index (κ3) is 2.51. The Morgan fingerprint density at radius 2 is 2.30 bits per heavy atom. The van der Waals surface area contributed by atoms with Crippen LogP contribution in [0.15, 0.2) is 23.6 Å². The average molecular weight is 288 g/mol. The Hall–Kier alpha value is -1.95. The average Bonchev–Trinajstić information content (AvgIpc) is 2.98. The van der Waals surface area contributed by atoms with Gasteiger partial charge in [0, 0.05) is 29.7 Å². The smallest absolute Gasteiger partial charge is 0.227 e. The van der Waals surface area contributed by atoms with E-state index >= 15 is 0 Å². The number of benzene rings is 1. The first-order valence-corrected chi connectivity index (χ1v) is 7.54. The fourth-order valence-electron chi connectivity index (χ4n) is 2.47. The Kier molecular flexibility index (Phi) is 3.64. The molecular formula is C14H16N4OS. The monoisotopic (exact) mass is 288 g/mol. The first-order valence-electron chi connectivity index (χ1n) is 6.71. The first-order chi connectivity index (χ1) is 9.78. The van der Waals surface area contributed by atoms with Crippen LogP contribution in [0.5, 0.6) is 0 Å². The van der Waals surface area contributed by atoms with Gasteiger partial charge in [-0.3, -0.25) is 4.79 Å². The van der Waals surface area contributed by atoms with Crippen molar-refractivity contribution in [2.45, 2.75) is 26.3 Å². The third-order valence-electron chi connectivity index (χ3n) is 3.47. The van der Waals surface area contributed by atoms with E-state index in [1.807, 2.05) is 29.3 Å². The molecule has 1 N–H and O–H groups in total. The molecule has 1 aliphatic heterocycles. The number of rotatable bonds is 4. The van der Waals surface area contributed by atoms with Crippen molar-refractivity contribution in [1.82, 2.24) is 9.59 Å². The van der Waals surface area contributed by atoms with E-state index in [9.17, 15) is 4.79 Å². The highest BCUT2D eigenvalue weighted by atomic mass is 32.1. The van der Waals surface area contributed by atoms with Crippen LogP contribution in [0.25, 0.3) is 0 Å². The fourth-order valence-corrected chi connectivity index (χ4v) is 2.92. The van der Waals surface area contributed by atoms with Gasteiger partial charge in [0.15, 0.2) is 0 Å². The lowest BCUT2D eigenvalue weighted by atomic mass is 10.0. The highest BCUT2D eigenvalue weighted by Crippen LogP contribution is 2.30. The molecule has 1 aromatic heterocycles. The number of aromatic nitrogens is 2. The van der Waals surface area contributed by atoms with Crippen molar-refractivity contribution in [3.05, 3.63) is 34.8 Å². The second-order valence-electron chi connectivity index (χ2n) is 4.73. The number of nitrogens with one attached hydrogen (secondary N) is 1. The molecule has 0 bridgehead atoms. The van der Waals surface area contributed by atoms with Crippen LogP contribution in [0, 0.1) is 0 Å². The van der Waals surface area contributed by atoms with Gasteiger partial charge in [-0.15, -0.1) is 5.10 Å². The fraction of sp³-hybridized carbons (Fsp3) is 0.357. The highest BCUT2D eigenvalue weighted by molar-refractivity contribution is 7.03. The summed E-state index contributed by atoms with van der Waals surface area (Å²) in [5, 5.41) is 9.28. The Morgan fingerprint density at radius 3 is 3.05 bits per heavy atom. The molecule has 0 unspecified atom stereocenters. The summed E-state index contributed by atoms with van der Waals surface area (Å²) >= 11 is 1.36. The van der Waals surface area contributed by atoms with Gasteiger partial charge >= 0.3 is 0 Å². The predicted molar refractivity (Wildman–Crippen MR) is 80.0 cm³/mol. The van der Waals surface area contributed by atoms with E-state index in [2.05, 4.69) is 21.0 Å². The zero-order chi connectivity index (χ0) is 13.9. The van der Waals surface area contributed by atoms with Gasteiger partial charge in [0.05, 0.1) is 12.2 Å². The Morgan fingerprint density at radius 1 is 1.40 bits per heavy atom. The first kappa shape index (κ1) is 13.1. The number of hydrogen-bond acceptors (Lipinski definition) is 5. The molecule has 3 rings (SSSR count). The number of carbonyl (C=O) groups is 1. The minimum Gasteiger partial charge on any atom is -0.379 e. The molecule has 0 radical (unpaired) electrons. The SMILES string of the molecule is CCN1C(=O)CCc2cc(NCc3csnn3)ccc21. The second kappa shape index (κ2) is 5.58. The minimum absolute atomic E-state index is 0.217. The summed E-state index contributed by atoms with van der Waals surface area (Å²) in [6.07, 6.45) is 1.42. The standard InChI is InChI=1S/C14H16N4OS/c1-2-18-13-5-4-11(7-10(13)3-6-14(18)19)15-8-12-9-20-17-16-12/h4-5,7,9,15H,2-3,6,8H2,1H3. The molecule has 0 saturated heterocycles. The van der Waals surface area contributed by atoms with E-state index in [1.54, 1.807) is 0 Å². The quantitative estimate of drug-likeness (QED) is 0.939. The van der Waals surface area contributed by atoms with Crippen molar-refractivity contribution >= 4 is 28.8 Å². The summed E-state index contributed by atoms with van der Waals surface area (Å²) in [5.41, 5.74) is 4.28. The molecule has 1 aliphatic rings. The normalized spacial score (nSPS) is 14.2. The van der Waals surface area contributed by atoms with E-state index in [0.717, 1.165) is 30.0 Å². The minimum atomic E-state index is 0.217. The van der Waals surface area contributed by atoms with Crippen LogP contribution in [0.3, 0.4) is 0 Å². The number of hydrogen-bond donors (Lipinski definition) is 1. The lowest BCUT2D eigenvalue weighted by Gasteiger charge is -2.28. The summed E-state index contributed by atoms with van der Waals surface area (Å²) in [7, 11) is 0. The van der Waals surface area contributed by atoms with E-state index in [0.29, 0.717) is 13.0 Å². The van der Waals surface area contributed by atoms with Crippen molar-refractivity contribution < 1.29 is 4.79 Å². The molecule has 5 nitrogen and oxygen atoms in total. The summed E-state index contributed by atoms with van der Waals surface area (Å²) in [4.78, 5) is 13.7. The largest absolute Gasteiger partial charge is 0.379 e. The molecule has 1 amide bonds. The molecule has 0 saturated carbocycles. The zero-order valence-electron chi connectivity index (χ0n) is 11.3. The topological polar surface area (TPSA) is 58.1 Å². The van der Waals surface area contributed by atoms with Gasteiger partial charge in [0.25, 0.3) is 0 Å². The number of fused-ring (bicyclic) bond motifs is 1. The Labute approximate surface area is 121 Å². The van der Waals surface area contributed by atoms with E-state index in [-0.39, 0.29) is 5.91 Å². The maximum Gasteiger partial charge on any atom is 0.227 e. The third-order valence-corrected chi connectivity index (χ3v) is 4.03. The molecule has 1 aromatic carbocycles. The molecule has 0 aliphatic carbocycles. The second-order valence-corrected chi connectivity index (χ2v) is 5.34. The van der Waals surface area contributed by atoms with Gasteiger partial charge in [-0.1, -0.05) is 4.49 Å². The van der Waals surface area contributed by atoms with Crippen LogP contribution in [0.2, 0.25) is 0 Å². The number of anilines is 2. The van der Waals surface area contributed by atoms with Crippen LogP contribution in [0.4, 0.5) is 11.4 Å². The van der Waals surface area contributed by atoms with Gasteiger partial charge in [-0.2, -0.15) is 0 Å². The summed E-state index contributed by atoms with van der Waals surface area (Å²) in [6, 6.07) is 6.17. The van der Waals surface area contributed by atoms with E-state index < -0.39 is 0 Å². The summed E-state index contributed by atoms with van der Waals surface area (Å²) in [5.74, 6) is 0.217. The Balaban J connectivity index is 1.77. The summed E-state index contributed by atoms with van der Waals surface area (Å²) < 4.78 is 3.84. The molecule has 0 atom stereocenters. The van der Waals surface area contributed by atoms with Crippen molar-refractivity contribution in [2.24, 2.45) is 0 Å². The number of nitrogens with zero attached hydrogens (tertiary/aromatic N) is 3. The number of carbonyl (C=O) groups excluding carboxylic acids is 1. The van der Waals surface area contributed by atoms with Crippen molar-refractivity contribution in [2.75, 3.05) is 16.8 Å². The lowest BCUT2D eigenvalue weighted by Crippen LogP contribution is -2.34. The molecule has 2 heterocycles. The van der Waals surface area contributed by atoms with Crippen molar-refractivity contribution in [1.29, 1.82) is 0 Å². The Bertz CT molecular complexity index is 612. The van der Waals surface area contributed by atoms with Gasteiger partial charge in [-0.05, 0) is 48.6 Å². The van der Waals surface area contributed by atoms with Crippen LogP contribution in [-0.4, -0.2) is 22.0 Å². The van der Waals surface area contributed by atoms with Crippen LogP contribution < -0.4 is 10.2 Å². The number of aryl methyl sites for hydroxylation is 1. The highest BCUT2D eigenvalue weighted by Gasteiger charge is 2.22. The molecule has 104 valence electrons. The molecule has 0 fully saturated rings. The lowest BCUT2D eigenvalue weighted by molar-refractivity contribution is -0.118. The maximum atomic E-state index is 11.9. The van der Waals surface area contributed by atoms with Crippen molar-refractivity contribution in [3.63, 3.8) is 0 Å². The molecule has 0 spiro atoms. The van der Waals surface area contributed by atoms with Crippen molar-refractivity contribution in [3.8, 4) is 0 Å². The van der Waals surface area contributed by atoms with Gasteiger partial charge in [0.1, 0.15) is 0 Å². The van der Waals surface area contributed by atoms with E-state index in [4.69, 9.17) is 0 Å². The van der Waals surface area contributed by atoms with Gasteiger partial charge < -0.3 is 10.2 Å². The van der Waals surface area contributed by atoms with E-state index in [1.165, 1.54) is 17.1 Å². The van der Waals surface area contributed by atoms with Gasteiger partial charge in [-0.25, -0.2) is 0 Å². The molecule has 6 heteroatoms.